The maximum Gasteiger partial charge on any atom is 0.267 e. The predicted molar refractivity (Wildman–Crippen MR) is 116 cm³/mol. The quantitative estimate of drug-likeness (QED) is 0.160. The maximum atomic E-state index is 11.5. The van der Waals surface area contributed by atoms with E-state index in [1.54, 1.807) is 35.8 Å². The van der Waals surface area contributed by atoms with Crippen LogP contribution in [-0.4, -0.2) is 11.1 Å². The highest BCUT2D eigenvalue weighted by atomic mass is 35.5. The van der Waals surface area contributed by atoms with E-state index in [0.717, 1.165) is 16.5 Å². The number of nitrogens with one attached hydrogen (secondary N) is 1. The molecule has 3 rings (SSSR count). The highest BCUT2D eigenvalue weighted by Crippen LogP contribution is 2.41. The van der Waals surface area contributed by atoms with E-state index in [1.165, 1.54) is 24.7 Å². The van der Waals surface area contributed by atoms with Gasteiger partial charge in [0, 0.05) is 22.0 Å². The Labute approximate surface area is 178 Å². The molecule has 0 saturated carbocycles. The summed E-state index contributed by atoms with van der Waals surface area (Å²) in [6.07, 6.45) is 7.44. The van der Waals surface area contributed by atoms with Gasteiger partial charge in [0.15, 0.2) is 11.3 Å². The van der Waals surface area contributed by atoms with Gasteiger partial charge in [0.25, 0.3) is 5.91 Å². The minimum absolute atomic E-state index is 0.233. The minimum Gasteiger partial charge on any atom is -0.484 e. The van der Waals surface area contributed by atoms with Crippen LogP contribution in [0.15, 0.2) is 77.6 Å². The molecule has 0 fully saturated rings. The van der Waals surface area contributed by atoms with Gasteiger partial charge in [-0.05, 0) is 48.9 Å². The zero-order valence-electron chi connectivity index (χ0n) is 16.2. The lowest BCUT2D eigenvalue weighted by atomic mass is 10.1. The minimum atomic E-state index is -0.671. The second kappa shape index (κ2) is 9.82. The number of amides is 1. The fraction of sp³-hybridized carbons (Fsp3) is 0.0870. The van der Waals surface area contributed by atoms with Crippen molar-refractivity contribution in [1.82, 2.24) is 5.48 Å². The third-order valence-electron chi connectivity index (χ3n) is 4.04. The van der Waals surface area contributed by atoms with Gasteiger partial charge in [0.05, 0.1) is 12.5 Å². The Kier molecular flexibility index (Phi) is 6.95. The zero-order valence-corrected chi connectivity index (χ0v) is 17.0. The molecule has 0 spiro atoms. The van der Waals surface area contributed by atoms with E-state index in [9.17, 15) is 4.79 Å². The number of hydrogen-bond donors (Lipinski definition) is 2. The van der Waals surface area contributed by atoms with Gasteiger partial charge in [-0.1, -0.05) is 35.9 Å². The summed E-state index contributed by atoms with van der Waals surface area (Å²) >= 11 is 5.94. The highest BCUT2D eigenvalue weighted by molar-refractivity contribution is 6.30. The monoisotopic (exact) mass is 425 g/mol. The standard InChI is InChI=1S/C23H20ClNO5/c1-15(2)9-11-29-23-21-18(10-12-28-21)13-17(5-8-20(26)25-27)22(23)30-14-16-3-6-19(24)7-4-16/h3-13,27H,1,14H2,2H3,(H,25,26)/b8-5+,11-9?. The molecule has 0 saturated heterocycles. The number of benzene rings is 2. The van der Waals surface area contributed by atoms with Crippen LogP contribution in [0.25, 0.3) is 17.0 Å². The second-order valence-corrected chi connectivity index (χ2v) is 6.89. The first-order chi connectivity index (χ1) is 14.5. The molecule has 0 aliphatic rings. The van der Waals surface area contributed by atoms with Crippen molar-refractivity contribution in [3.63, 3.8) is 0 Å². The van der Waals surface area contributed by atoms with Crippen LogP contribution >= 0.6 is 11.6 Å². The molecular weight excluding hydrogens is 406 g/mol. The van der Waals surface area contributed by atoms with Crippen LogP contribution < -0.4 is 15.0 Å². The van der Waals surface area contributed by atoms with Crippen molar-refractivity contribution in [2.24, 2.45) is 0 Å². The Balaban J connectivity index is 2.05. The van der Waals surface area contributed by atoms with Crippen LogP contribution in [0.2, 0.25) is 5.02 Å². The molecule has 0 bridgehead atoms. The summed E-state index contributed by atoms with van der Waals surface area (Å²) in [4.78, 5) is 11.5. The van der Waals surface area contributed by atoms with Crippen LogP contribution in [0, 0.1) is 0 Å². The second-order valence-electron chi connectivity index (χ2n) is 6.45. The molecule has 0 aliphatic carbocycles. The molecule has 2 aromatic carbocycles. The predicted octanol–water partition coefficient (Wildman–Crippen LogP) is 5.65. The molecule has 1 amide bonds. The third kappa shape index (κ3) is 5.31. The van der Waals surface area contributed by atoms with E-state index in [4.69, 9.17) is 30.7 Å². The van der Waals surface area contributed by atoms with E-state index in [1.807, 2.05) is 19.1 Å². The van der Waals surface area contributed by atoms with Gasteiger partial charge < -0.3 is 13.9 Å². The first-order valence-corrected chi connectivity index (χ1v) is 9.38. The molecule has 7 heteroatoms. The van der Waals surface area contributed by atoms with Gasteiger partial charge in [0.2, 0.25) is 5.75 Å². The number of carbonyl (C=O) groups excluding carboxylic acids is 1. The van der Waals surface area contributed by atoms with Gasteiger partial charge in [-0.15, -0.1) is 0 Å². The largest absolute Gasteiger partial charge is 0.484 e. The van der Waals surface area contributed by atoms with Crippen molar-refractivity contribution in [3.8, 4) is 11.5 Å². The first kappa shape index (κ1) is 21.2. The van der Waals surface area contributed by atoms with E-state index in [-0.39, 0.29) is 6.61 Å². The molecule has 6 nitrogen and oxygen atoms in total. The van der Waals surface area contributed by atoms with Crippen molar-refractivity contribution in [2.45, 2.75) is 13.5 Å². The lowest BCUT2D eigenvalue weighted by Gasteiger charge is -2.14. The summed E-state index contributed by atoms with van der Waals surface area (Å²) in [5.41, 5.74) is 4.33. The molecular formula is C23H20ClNO5. The van der Waals surface area contributed by atoms with E-state index in [2.05, 4.69) is 6.58 Å². The zero-order chi connectivity index (χ0) is 21.5. The van der Waals surface area contributed by atoms with Crippen molar-refractivity contribution in [3.05, 3.63) is 89.4 Å². The molecule has 154 valence electrons. The molecule has 0 atom stereocenters. The van der Waals surface area contributed by atoms with Gasteiger partial charge in [-0.3, -0.25) is 10.0 Å². The number of ether oxygens (including phenoxy) is 2. The van der Waals surface area contributed by atoms with Crippen LogP contribution in [0.5, 0.6) is 11.5 Å². The Morgan fingerprint density at radius 2 is 2.00 bits per heavy atom. The van der Waals surface area contributed by atoms with Gasteiger partial charge in [-0.2, -0.15) is 0 Å². The Morgan fingerprint density at radius 1 is 1.23 bits per heavy atom. The number of hydroxylamine groups is 1. The molecule has 0 radical (unpaired) electrons. The number of allylic oxidation sites excluding steroid dienone is 2. The van der Waals surface area contributed by atoms with Crippen LogP contribution in [-0.2, 0) is 11.4 Å². The SMILES string of the molecule is C=C(C)C=COc1c(OCc2ccc(Cl)cc2)c(/C=C/C(=O)NO)cc2ccoc12. The third-order valence-corrected chi connectivity index (χ3v) is 4.29. The molecule has 0 unspecified atom stereocenters. The number of hydrogen-bond acceptors (Lipinski definition) is 5. The topological polar surface area (TPSA) is 80.9 Å². The fourth-order valence-corrected chi connectivity index (χ4v) is 2.75. The van der Waals surface area contributed by atoms with Gasteiger partial charge in [-0.25, -0.2) is 5.48 Å². The van der Waals surface area contributed by atoms with E-state index >= 15 is 0 Å². The Morgan fingerprint density at radius 3 is 2.70 bits per heavy atom. The van der Waals surface area contributed by atoms with Crippen molar-refractivity contribution >= 4 is 34.6 Å². The highest BCUT2D eigenvalue weighted by Gasteiger charge is 2.18. The number of fused-ring (bicyclic) bond motifs is 1. The van der Waals surface area contributed by atoms with E-state index < -0.39 is 5.91 Å². The first-order valence-electron chi connectivity index (χ1n) is 9.00. The van der Waals surface area contributed by atoms with Crippen molar-refractivity contribution < 1.29 is 23.9 Å². The Bertz CT molecular complexity index is 1110. The summed E-state index contributed by atoms with van der Waals surface area (Å²) in [5, 5.41) is 10.2. The molecule has 3 aromatic rings. The van der Waals surface area contributed by atoms with Gasteiger partial charge >= 0.3 is 0 Å². The lowest BCUT2D eigenvalue weighted by Crippen LogP contribution is -2.14. The molecule has 1 heterocycles. The fourth-order valence-electron chi connectivity index (χ4n) is 2.62. The van der Waals surface area contributed by atoms with E-state index in [0.29, 0.717) is 27.7 Å². The Hall–Kier alpha value is -3.48. The molecule has 1 aromatic heterocycles. The van der Waals surface area contributed by atoms with Crippen LogP contribution in [0.4, 0.5) is 0 Å². The summed E-state index contributed by atoms with van der Waals surface area (Å²) in [5.74, 6) is 0.0596. The van der Waals surface area contributed by atoms with Crippen molar-refractivity contribution in [2.75, 3.05) is 0 Å². The summed E-state index contributed by atoms with van der Waals surface area (Å²) in [6, 6.07) is 10.8. The van der Waals surface area contributed by atoms with Crippen LogP contribution in [0.3, 0.4) is 0 Å². The number of carbonyl (C=O) groups is 1. The lowest BCUT2D eigenvalue weighted by molar-refractivity contribution is -0.124. The van der Waals surface area contributed by atoms with Crippen molar-refractivity contribution in [1.29, 1.82) is 0 Å². The summed E-state index contributed by atoms with van der Waals surface area (Å²) in [7, 11) is 0. The van der Waals surface area contributed by atoms with Gasteiger partial charge in [0.1, 0.15) is 6.61 Å². The smallest absolute Gasteiger partial charge is 0.267 e. The number of halogens is 1. The maximum absolute atomic E-state index is 11.5. The summed E-state index contributed by atoms with van der Waals surface area (Å²) in [6.45, 7) is 5.88. The average Bonchev–Trinajstić information content (AvgIpc) is 3.20. The molecule has 2 N–H and O–H groups in total. The van der Waals surface area contributed by atoms with Crippen LogP contribution in [0.1, 0.15) is 18.1 Å². The normalized spacial score (nSPS) is 11.3. The average molecular weight is 426 g/mol. The number of rotatable bonds is 8. The molecule has 0 aliphatic heterocycles. The number of furan rings is 1. The molecule has 30 heavy (non-hydrogen) atoms. The summed E-state index contributed by atoms with van der Waals surface area (Å²) < 4.78 is 17.5.